The van der Waals surface area contributed by atoms with Crippen LogP contribution in [0.1, 0.15) is 32.5 Å². The number of aromatic nitrogens is 3. The minimum atomic E-state index is -0.770. The molecule has 100 valence electrons. The number of hydrogen-bond donors (Lipinski definition) is 2. The van der Waals surface area contributed by atoms with Crippen LogP contribution in [-0.2, 0) is 18.4 Å². The van der Waals surface area contributed by atoms with E-state index < -0.39 is 5.41 Å². The van der Waals surface area contributed by atoms with Gasteiger partial charge in [-0.2, -0.15) is 0 Å². The van der Waals surface area contributed by atoms with Crippen LogP contribution in [0.25, 0.3) is 0 Å². The van der Waals surface area contributed by atoms with Gasteiger partial charge in [0.1, 0.15) is 6.33 Å². The first kappa shape index (κ1) is 14.6. The third-order valence-electron chi connectivity index (χ3n) is 3.33. The van der Waals surface area contributed by atoms with Gasteiger partial charge in [-0.15, -0.1) is 10.2 Å². The average molecular weight is 269 g/mol. The lowest BCUT2D eigenvalue weighted by atomic mass is 9.81. The van der Waals surface area contributed by atoms with Crippen molar-refractivity contribution in [1.29, 1.82) is 0 Å². The summed E-state index contributed by atoms with van der Waals surface area (Å²) in [7, 11) is 1.82. The van der Waals surface area contributed by atoms with Crippen LogP contribution >= 0.6 is 12.2 Å². The third kappa shape index (κ3) is 2.66. The van der Waals surface area contributed by atoms with Crippen molar-refractivity contribution in [3.05, 3.63) is 12.2 Å². The second-order valence-electron chi connectivity index (χ2n) is 4.19. The number of thiocarbonyl (C=S) groups is 1. The Hall–Kier alpha value is -1.50. The van der Waals surface area contributed by atoms with Gasteiger partial charge >= 0.3 is 0 Å². The summed E-state index contributed by atoms with van der Waals surface area (Å²) in [4.78, 5) is 12.5. The minimum absolute atomic E-state index is 0.150. The fourth-order valence-electron chi connectivity index (χ4n) is 1.83. The van der Waals surface area contributed by atoms with Crippen LogP contribution in [0.3, 0.4) is 0 Å². The number of nitrogens with one attached hydrogen (secondary N) is 1. The Balaban J connectivity index is 2.75. The van der Waals surface area contributed by atoms with Crippen molar-refractivity contribution in [2.24, 2.45) is 18.2 Å². The smallest absolute Gasteiger partial charge is 0.233 e. The fourth-order valence-corrected chi connectivity index (χ4v) is 2.21. The number of carbonyl (C=O) groups excluding carboxylic acids is 1. The molecular weight excluding hydrogens is 250 g/mol. The van der Waals surface area contributed by atoms with E-state index in [4.69, 9.17) is 18.0 Å². The van der Waals surface area contributed by atoms with Gasteiger partial charge in [-0.1, -0.05) is 26.1 Å². The lowest BCUT2D eigenvalue weighted by Crippen LogP contribution is -2.48. The van der Waals surface area contributed by atoms with Gasteiger partial charge in [-0.3, -0.25) is 4.79 Å². The van der Waals surface area contributed by atoms with E-state index in [1.807, 2.05) is 20.9 Å². The average Bonchev–Trinajstić information content (AvgIpc) is 2.74. The maximum absolute atomic E-state index is 12.2. The highest BCUT2D eigenvalue weighted by atomic mass is 32.1. The number of amides is 1. The highest BCUT2D eigenvalue weighted by molar-refractivity contribution is 7.80. The molecule has 3 N–H and O–H groups in total. The van der Waals surface area contributed by atoms with Crippen molar-refractivity contribution in [3.8, 4) is 0 Å². The molecule has 7 heteroatoms. The van der Waals surface area contributed by atoms with E-state index in [0.717, 1.165) is 0 Å². The third-order valence-corrected chi connectivity index (χ3v) is 3.72. The molecule has 1 aromatic rings. The molecule has 0 radical (unpaired) electrons. The molecule has 0 aliphatic rings. The summed E-state index contributed by atoms with van der Waals surface area (Å²) in [5, 5.41) is 10.5. The van der Waals surface area contributed by atoms with E-state index in [2.05, 4.69) is 15.5 Å². The van der Waals surface area contributed by atoms with E-state index in [-0.39, 0.29) is 10.9 Å². The summed E-state index contributed by atoms with van der Waals surface area (Å²) in [6, 6.07) is 0. The number of nitrogens with two attached hydrogens (primary N) is 1. The molecule has 1 aromatic heterocycles. The van der Waals surface area contributed by atoms with Crippen LogP contribution in [0.2, 0.25) is 0 Å². The summed E-state index contributed by atoms with van der Waals surface area (Å²) in [5.74, 6) is 0.537. The van der Waals surface area contributed by atoms with Crippen LogP contribution in [0.15, 0.2) is 6.33 Å². The van der Waals surface area contributed by atoms with Crippen LogP contribution in [-0.4, -0.2) is 25.7 Å². The summed E-state index contributed by atoms with van der Waals surface area (Å²) >= 11 is 5.03. The molecule has 1 amide bonds. The SMILES string of the molecule is CCC(CC)(C(=O)NCc1nncn1C)C(N)=S. The van der Waals surface area contributed by atoms with E-state index in [0.29, 0.717) is 25.2 Å². The molecule has 0 unspecified atom stereocenters. The van der Waals surface area contributed by atoms with Crippen molar-refractivity contribution in [2.45, 2.75) is 33.2 Å². The molecule has 0 aromatic carbocycles. The first-order valence-corrected chi connectivity index (χ1v) is 6.29. The van der Waals surface area contributed by atoms with Gasteiger partial charge in [-0.05, 0) is 12.8 Å². The second-order valence-corrected chi connectivity index (χ2v) is 4.63. The van der Waals surface area contributed by atoms with E-state index in [9.17, 15) is 4.79 Å². The van der Waals surface area contributed by atoms with Gasteiger partial charge in [0.25, 0.3) is 0 Å². The largest absolute Gasteiger partial charge is 0.392 e. The van der Waals surface area contributed by atoms with Crippen molar-refractivity contribution in [3.63, 3.8) is 0 Å². The normalized spacial score (nSPS) is 11.3. The quantitative estimate of drug-likeness (QED) is 0.736. The predicted octanol–water partition coefficient (Wildman–Crippen LogP) is 0.524. The first-order chi connectivity index (χ1) is 8.47. The molecule has 0 aliphatic carbocycles. The van der Waals surface area contributed by atoms with E-state index in [1.54, 1.807) is 10.9 Å². The molecule has 1 rings (SSSR count). The Morgan fingerprint density at radius 2 is 2.17 bits per heavy atom. The van der Waals surface area contributed by atoms with Crippen LogP contribution in [0, 0.1) is 5.41 Å². The second kappa shape index (κ2) is 5.90. The molecule has 0 atom stereocenters. The zero-order valence-corrected chi connectivity index (χ0v) is 11.8. The van der Waals surface area contributed by atoms with Gasteiger partial charge in [0.2, 0.25) is 5.91 Å². The minimum Gasteiger partial charge on any atom is -0.392 e. The van der Waals surface area contributed by atoms with Crippen LogP contribution in [0.5, 0.6) is 0 Å². The maximum Gasteiger partial charge on any atom is 0.233 e. The number of rotatable bonds is 6. The Bertz CT molecular complexity index is 438. The lowest BCUT2D eigenvalue weighted by molar-refractivity contribution is -0.128. The van der Waals surface area contributed by atoms with Gasteiger partial charge in [0.05, 0.1) is 16.9 Å². The number of carbonyl (C=O) groups is 1. The molecule has 0 bridgehead atoms. The van der Waals surface area contributed by atoms with Gasteiger partial charge < -0.3 is 15.6 Å². The van der Waals surface area contributed by atoms with Crippen LogP contribution in [0.4, 0.5) is 0 Å². The number of aryl methyl sites for hydroxylation is 1. The van der Waals surface area contributed by atoms with Crippen molar-refractivity contribution in [1.82, 2.24) is 20.1 Å². The van der Waals surface area contributed by atoms with Gasteiger partial charge in [0, 0.05) is 7.05 Å². The number of nitrogens with zero attached hydrogens (tertiary/aromatic N) is 3. The molecule has 0 fully saturated rings. The van der Waals surface area contributed by atoms with Gasteiger partial charge in [0.15, 0.2) is 5.82 Å². The Morgan fingerprint density at radius 3 is 2.56 bits per heavy atom. The van der Waals surface area contributed by atoms with Gasteiger partial charge in [-0.25, -0.2) is 0 Å². The van der Waals surface area contributed by atoms with Crippen molar-refractivity contribution < 1.29 is 4.79 Å². The molecule has 0 aliphatic heterocycles. The summed E-state index contributed by atoms with van der Waals surface area (Å²) in [6.45, 7) is 4.13. The van der Waals surface area contributed by atoms with E-state index in [1.165, 1.54) is 0 Å². The molecule has 0 saturated heterocycles. The zero-order valence-electron chi connectivity index (χ0n) is 10.9. The standard InChI is InChI=1S/C11H19N5OS/c1-4-11(5-2,9(12)18)10(17)13-6-8-15-14-7-16(8)3/h7H,4-6H2,1-3H3,(H2,12,18)(H,13,17). The molecule has 0 saturated carbocycles. The first-order valence-electron chi connectivity index (χ1n) is 5.89. The molecule has 0 spiro atoms. The van der Waals surface area contributed by atoms with Crippen molar-refractivity contribution >= 4 is 23.1 Å². The molecule has 1 heterocycles. The highest BCUT2D eigenvalue weighted by Gasteiger charge is 2.37. The summed E-state index contributed by atoms with van der Waals surface area (Å²) in [6.07, 6.45) is 2.76. The summed E-state index contributed by atoms with van der Waals surface area (Å²) < 4.78 is 1.75. The monoisotopic (exact) mass is 269 g/mol. The Morgan fingerprint density at radius 1 is 1.56 bits per heavy atom. The fraction of sp³-hybridized carbons (Fsp3) is 0.636. The Kier molecular flexibility index (Phi) is 4.77. The number of hydrogen-bond acceptors (Lipinski definition) is 4. The lowest BCUT2D eigenvalue weighted by Gasteiger charge is -2.28. The zero-order chi connectivity index (χ0) is 13.8. The predicted molar refractivity (Wildman–Crippen MR) is 72.7 cm³/mol. The topological polar surface area (TPSA) is 85.8 Å². The summed E-state index contributed by atoms with van der Waals surface area (Å²) in [5.41, 5.74) is 4.94. The molecular formula is C11H19N5OS. The maximum atomic E-state index is 12.2. The van der Waals surface area contributed by atoms with Crippen LogP contribution < -0.4 is 11.1 Å². The Labute approximate surface area is 112 Å². The molecule has 18 heavy (non-hydrogen) atoms. The van der Waals surface area contributed by atoms with E-state index >= 15 is 0 Å². The molecule has 6 nitrogen and oxygen atoms in total. The highest BCUT2D eigenvalue weighted by Crippen LogP contribution is 2.27. The van der Waals surface area contributed by atoms with Crippen molar-refractivity contribution in [2.75, 3.05) is 0 Å².